The van der Waals surface area contributed by atoms with Crippen molar-refractivity contribution in [2.45, 2.75) is 38.3 Å². The number of hydrogen-bond acceptors (Lipinski definition) is 5. The second kappa shape index (κ2) is 12.6. The fraction of sp³-hybridized carbons (Fsp3) is 0.296. The molecule has 2 atom stereocenters. The molecule has 2 unspecified atom stereocenters. The third-order valence-corrected chi connectivity index (χ3v) is 5.83. The normalized spacial score (nSPS) is 16.0. The van der Waals surface area contributed by atoms with Crippen LogP contribution in [0.1, 0.15) is 48.1 Å². The van der Waals surface area contributed by atoms with Gasteiger partial charge in [-0.2, -0.15) is 0 Å². The van der Waals surface area contributed by atoms with Crippen molar-refractivity contribution < 1.29 is 23.8 Å². The third-order valence-electron chi connectivity index (χ3n) is 5.83. The molecule has 1 aliphatic heterocycles. The lowest BCUT2D eigenvalue weighted by Crippen LogP contribution is -2.43. The van der Waals surface area contributed by atoms with Crippen molar-refractivity contribution in [3.8, 4) is 11.1 Å². The first-order valence-electron chi connectivity index (χ1n) is 11.5. The fourth-order valence-corrected chi connectivity index (χ4v) is 3.80. The molecule has 0 bridgehead atoms. The quantitative estimate of drug-likeness (QED) is 0.510. The number of halogens is 1. The monoisotopic (exact) mass is 479 g/mol. The maximum Gasteiger partial charge on any atom is 0.410 e. The highest BCUT2D eigenvalue weighted by molar-refractivity contribution is 5.93. The van der Waals surface area contributed by atoms with Crippen LogP contribution in [0.4, 0.5) is 9.18 Å². The minimum Gasteiger partial charge on any atom is -0.446 e. The van der Waals surface area contributed by atoms with Crippen molar-refractivity contribution in [3.63, 3.8) is 0 Å². The van der Waals surface area contributed by atoms with Gasteiger partial charge in [0.25, 0.3) is 0 Å². The molecule has 35 heavy (non-hydrogen) atoms. The van der Waals surface area contributed by atoms with Gasteiger partial charge in [-0.05, 0) is 49.1 Å². The van der Waals surface area contributed by atoms with E-state index in [2.05, 4.69) is 4.98 Å². The summed E-state index contributed by atoms with van der Waals surface area (Å²) in [5.41, 5.74) is 8.39. The Morgan fingerprint density at radius 3 is 2.46 bits per heavy atom. The molecular weight excluding hydrogens is 449 g/mol. The maximum atomic E-state index is 12.4. The summed E-state index contributed by atoms with van der Waals surface area (Å²) in [7, 11) is 0. The van der Waals surface area contributed by atoms with Crippen LogP contribution in [0.25, 0.3) is 11.1 Å². The molecule has 0 aliphatic carbocycles. The van der Waals surface area contributed by atoms with Crippen LogP contribution in [0.5, 0.6) is 0 Å². The maximum absolute atomic E-state index is 12.4. The summed E-state index contributed by atoms with van der Waals surface area (Å²) in [6, 6.07) is 17.3. The Labute approximate surface area is 204 Å². The van der Waals surface area contributed by atoms with E-state index in [1.165, 1.54) is 18.3 Å². The Bertz CT molecular complexity index is 1110. The van der Waals surface area contributed by atoms with Crippen molar-refractivity contribution in [1.29, 1.82) is 0 Å². The number of carbonyl (C=O) groups is 2. The molecule has 7 nitrogen and oxygen atoms in total. The average Bonchev–Trinajstić information content (AvgIpc) is 2.88. The van der Waals surface area contributed by atoms with Gasteiger partial charge in [0.15, 0.2) is 0 Å². The molecule has 1 aromatic heterocycles. The van der Waals surface area contributed by atoms with Gasteiger partial charge in [-0.25, -0.2) is 9.18 Å². The van der Waals surface area contributed by atoms with E-state index in [0.717, 1.165) is 23.1 Å². The van der Waals surface area contributed by atoms with Crippen LogP contribution in [0.15, 0.2) is 73.1 Å². The van der Waals surface area contributed by atoms with Crippen LogP contribution in [0.3, 0.4) is 0 Å². The van der Waals surface area contributed by atoms with Gasteiger partial charge in [-0.15, -0.1) is 0 Å². The lowest BCUT2D eigenvalue weighted by atomic mass is 10.00. The van der Waals surface area contributed by atoms with Crippen molar-refractivity contribution in [2.75, 3.05) is 13.2 Å². The molecule has 1 aliphatic rings. The van der Waals surface area contributed by atoms with Crippen molar-refractivity contribution in [2.24, 2.45) is 5.73 Å². The van der Waals surface area contributed by atoms with Crippen molar-refractivity contribution >= 4 is 12.0 Å². The first-order chi connectivity index (χ1) is 16.9. The summed E-state index contributed by atoms with van der Waals surface area (Å²) in [5.74, 6) is -0.692. The molecule has 3 aromatic rings. The predicted octanol–water partition coefficient (Wildman–Crippen LogP) is 4.72. The highest BCUT2D eigenvalue weighted by Gasteiger charge is 2.30. The molecule has 3 N–H and O–H groups in total. The molecule has 8 heteroatoms. The molecular formula is C27H30FN3O4. The third kappa shape index (κ3) is 7.35. The lowest BCUT2D eigenvalue weighted by molar-refractivity contribution is 0.00760. The van der Waals surface area contributed by atoms with Gasteiger partial charge in [0, 0.05) is 37.5 Å². The summed E-state index contributed by atoms with van der Waals surface area (Å²) in [6.07, 6.45) is 4.79. The molecule has 1 fully saturated rings. The molecule has 0 spiro atoms. The van der Waals surface area contributed by atoms with Crippen LogP contribution in [0, 0.1) is 5.82 Å². The van der Waals surface area contributed by atoms with Crippen LogP contribution in [-0.4, -0.2) is 46.2 Å². The van der Waals surface area contributed by atoms with Gasteiger partial charge in [0.05, 0.1) is 11.6 Å². The number of aliphatic hydroxyl groups is 1. The average molecular weight is 480 g/mol. The number of rotatable bonds is 7. The van der Waals surface area contributed by atoms with E-state index >= 15 is 0 Å². The van der Waals surface area contributed by atoms with Crippen LogP contribution in [-0.2, 0) is 4.74 Å². The molecule has 2 amide bonds. The number of pyridine rings is 1. The molecule has 0 saturated carbocycles. The fourth-order valence-electron chi connectivity index (χ4n) is 3.80. The zero-order valence-corrected chi connectivity index (χ0v) is 19.6. The van der Waals surface area contributed by atoms with E-state index in [0.29, 0.717) is 24.9 Å². The van der Waals surface area contributed by atoms with E-state index in [1.807, 2.05) is 31.2 Å². The predicted molar refractivity (Wildman–Crippen MR) is 131 cm³/mol. The van der Waals surface area contributed by atoms with Crippen LogP contribution >= 0.6 is 0 Å². The van der Waals surface area contributed by atoms with Gasteiger partial charge in [-0.3, -0.25) is 9.78 Å². The highest BCUT2D eigenvalue weighted by Crippen LogP contribution is 2.28. The zero-order chi connectivity index (χ0) is 25.2. The zero-order valence-electron chi connectivity index (χ0n) is 19.6. The molecule has 0 radical (unpaired) electrons. The highest BCUT2D eigenvalue weighted by atomic mass is 19.1. The second-order valence-corrected chi connectivity index (χ2v) is 8.27. The number of ether oxygens (including phenoxy) is 1. The largest absolute Gasteiger partial charge is 0.446 e. The summed E-state index contributed by atoms with van der Waals surface area (Å²) in [5, 5.41) is 8.92. The van der Waals surface area contributed by atoms with E-state index < -0.39 is 5.91 Å². The number of aliphatic hydroxyl groups excluding tert-OH is 1. The molecule has 184 valence electrons. The number of primary amides is 1. The van der Waals surface area contributed by atoms with Gasteiger partial charge < -0.3 is 20.5 Å². The van der Waals surface area contributed by atoms with Crippen molar-refractivity contribution in [3.05, 3.63) is 90.0 Å². The number of carbonyl (C=O) groups excluding carboxylic acids is 2. The van der Waals surface area contributed by atoms with Crippen LogP contribution < -0.4 is 5.73 Å². The minimum absolute atomic E-state index is 0.110. The van der Waals surface area contributed by atoms with Crippen molar-refractivity contribution in [1.82, 2.24) is 9.88 Å². The number of nitrogens with two attached hydrogens (primary N) is 1. The first-order valence-corrected chi connectivity index (χ1v) is 11.5. The standard InChI is InChI=1S/C21H25N3O4.C6H5F/c1-14(24-9-8-19(3-2-10-25)28-21(24)27)15-4-6-16(7-5-15)17-11-18(20(22)26)13-23-12-17;7-6-4-2-1-3-5-6/h4-7,11-14,19,25H,2-3,8-10H2,1H3,(H2,22,26);1-5H. The molecule has 4 rings (SSSR count). The summed E-state index contributed by atoms with van der Waals surface area (Å²) >= 11 is 0. The Hall–Kier alpha value is -3.78. The Morgan fingerprint density at radius 2 is 1.89 bits per heavy atom. The number of benzene rings is 2. The summed E-state index contributed by atoms with van der Waals surface area (Å²) in [6.45, 7) is 2.71. The second-order valence-electron chi connectivity index (χ2n) is 8.27. The topological polar surface area (TPSA) is 106 Å². The molecule has 2 aromatic carbocycles. The summed E-state index contributed by atoms with van der Waals surface area (Å²) < 4.78 is 17.4. The molecule has 2 heterocycles. The van der Waals surface area contributed by atoms with Gasteiger partial charge >= 0.3 is 6.09 Å². The smallest absolute Gasteiger partial charge is 0.410 e. The van der Waals surface area contributed by atoms with Crippen LogP contribution in [0.2, 0.25) is 0 Å². The number of amides is 2. The Balaban J connectivity index is 0.000000420. The van der Waals surface area contributed by atoms with Gasteiger partial charge in [0.2, 0.25) is 5.91 Å². The molecule has 1 saturated heterocycles. The Morgan fingerprint density at radius 1 is 1.17 bits per heavy atom. The number of cyclic esters (lactones) is 1. The number of aromatic nitrogens is 1. The van der Waals surface area contributed by atoms with Gasteiger partial charge in [-0.1, -0.05) is 42.5 Å². The van der Waals surface area contributed by atoms with E-state index in [1.54, 1.807) is 35.4 Å². The lowest BCUT2D eigenvalue weighted by Gasteiger charge is -2.35. The Kier molecular flexibility index (Phi) is 9.31. The summed E-state index contributed by atoms with van der Waals surface area (Å²) in [4.78, 5) is 29.5. The van der Waals surface area contributed by atoms with Gasteiger partial charge in [0.1, 0.15) is 11.9 Å². The minimum atomic E-state index is -0.513. The van der Waals surface area contributed by atoms with E-state index in [4.69, 9.17) is 15.6 Å². The number of nitrogens with zero attached hydrogens (tertiary/aromatic N) is 2. The first kappa shape index (κ1) is 25.8. The van der Waals surface area contributed by atoms with E-state index in [-0.39, 0.29) is 30.7 Å². The number of hydrogen-bond donors (Lipinski definition) is 2. The SMILES string of the molecule is CC(c1ccc(-c2cncc(C(N)=O)c2)cc1)N1CCC(CCCO)OC1=O.Fc1ccccc1. The van der Waals surface area contributed by atoms with E-state index in [9.17, 15) is 14.0 Å².